The SMILES string of the molecule is COc1ccc([C@H]2C[C@H](C)N(C(=O)c3ccc(CN)o3)C2)cc1. The normalized spacial score (nSPS) is 20.7. The molecule has 5 heteroatoms. The number of nitrogens with zero attached hydrogens (tertiary/aromatic N) is 1. The van der Waals surface area contributed by atoms with Crippen molar-refractivity contribution in [2.45, 2.75) is 31.8 Å². The van der Waals surface area contributed by atoms with Crippen LogP contribution in [0.15, 0.2) is 40.8 Å². The maximum Gasteiger partial charge on any atom is 0.289 e. The summed E-state index contributed by atoms with van der Waals surface area (Å²) in [6, 6.07) is 11.7. The van der Waals surface area contributed by atoms with Crippen molar-refractivity contribution in [2.24, 2.45) is 5.73 Å². The number of ether oxygens (including phenoxy) is 1. The molecule has 0 aliphatic carbocycles. The summed E-state index contributed by atoms with van der Waals surface area (Å²) in [5.41, 5.74) is 6.77. The molecule has 2 aromatic rings. The van der Waals surface area contributed by atoms with E-state index in [0.717, 1.165) is 12.2 Å². The minimum Gasteiger partial charge on any atom is -0.497 e. The fraction of sp³-hybridized carbons (Fsp3) is 0.389. The van der Waals surface area contributed by atoms with E-state index in [4.69, 9.17) is 14.9 Å². The summed E-state index contributed by atoms with van der Waals surface area (Å²) >= 11 is 0. The Hall–Kier alpha value is -2.27. The van der Waals surface area contributed by atoms with Crippen molar-refractivity contribution in [3.8, 4) is 5.75 Å². The second kappa shape index (κ2) is 6.46. The summed E-state index contributed by atoms with van der Waals surface area (Å²) in [6.45, 7) is 3.08. The first-order chi connectivity index (χ1) is 11.1. The number of likely N-dealkylation sites (tertiary alicyclic amines) is 1. The van der Waals surface area contributed by atoms with E-state index in [1.165, 1.54) is 5.56 Å². The highest BCUT2D eigenvalue weighted by Crippen LogP contribution is 2.33. The van der Waals surface area contributed by atoms with Crippen molar-refractivity contribution < 1.29 is 13.9 Å². The van der Waals surface area contributed by atoms with Crippen LogP contribution in [0.5, 0.6) is 5.75 Å². The topological polar surface area (TPSA) is 68.7 Å². The Morgan fingerprint density at radius 2 is 2.04 bits per heavy atom. The third-order valence-electron chi connectivity index (χ3n) is 4.50. The van der Waals surface area contributed by atoms with Gasteiger partial charge in [0.15, 0.2) is 5.76 Å². The fourth-order valence-corrected chi connectivity index (χ4v) is 3.18. The van der Waals surface area contributed by atoms with Gasteiger partial charge in [-0.05, 0) is 43.2 Å². The van der Waals surface area contributed by atoms with E-state index < -0.39 is 0 Å². The van der Waals surface area contributed by atoms with Crippen LogP contribution in [-0.2, 0) is 6.54 Å². The maximum atomic E-state index is 12.6. The predicted molar refractivity (Wildman–Crippen MR) is 87.4 cm³/mol. The van der Waals surface area contributed by atoms with Gasteiger partial charge in [-0.3, -0.25) is 4.79 Å². The van der Waals surface area contributed by atoms with Gasteiger partial charge in [-0.15, -0.1) is 0 Å². The summed E-state index contributed by atoms with van der Waals surface area (Å²) in [5.74, 6) is 2.12. The minimum absolute atomic E-state index is 0.0618. The molecule has 1 aliphatic heterocycles. The molecule has 5 nitrogen and oxygen atoms in total. The Bertz CT molecular complexity index is 678. The predicted octanol–water partition coefficient (Wildman–Crippen LogP) is 2.77. The Morgan fingerprint density at radius 1 is 1.30 bits per heavy atom. The van der Waals surface area contributed by atoms with Gasteiger partial charge in [0.05, 0.1) is 13.7 Å². The van der Waals surface area contributed by atoms with Crippen LogP contribution < -0.4 is 10.5 Å². The number of carbonyl (C=O) groups is 1. The van der Waals surface area contributed by atoms with Gasteiger partial charge in [-0.2, -0.15) is 0 Å². The molecule has 2 N–H and O–H groups in total. The maximum absolute atomic E-state index is 12.6. The lowest BCUT2D eigenvalue weighted by Gasteiger charge is -2.20. The van der Waals surface area contributed by atoms with Crippen molar-refractivity contribution in [2.75, 3.05) is 13.7 Å². The molecule has 1 aromatic carbocycles. The van der Waals surface area contributed by atoms with Gasteiger partial charge in [-0.1, -0.05) is 12.1 Å². The van der Waals surface area contributed by atoms with Crippen LogP contribution >= 0.6 is 0 Å². The standard InChI is InChI=1S/C18H22N2O3/c1-12-9-14(13-3-5-15(22-2)6-4-13)11-20(12)18(21)17-8-7-16(10-19)23-17/h3-8,12,14H,9-11,19H2,1-2H3/t12-,14-/m0/s1. The highest BCUT2D eigenvalue weighted by molar-refractivity contribution is 5.92. The molecule has 0 unspecified atom stereocenters. The highest BCUT2D eigenvalue weighted by atomic mass is 16.5. The Balaban J connectivity index is 1.73. The molecule has 2 atom stereocenters. The Kier molecular flexibility index (Phi) is 4.39. The van der Waals surface area contributed by atoms with Gasteiger partial charge in [0.1, 0.15) is 11.5 Å². The number of methoxy groups -OCH3 is 1. The number of furan rings is 1. The smallest absolute Gasteiger partial charge is 0.289 e. The molecule has 1 aromatic heterocycles. The van der Waals surface area contributed by atoms with Gasteiger partial charge in [0, 0.05) is 18.5 Å². The fourth-order valence-electron chi connectivity index (χ4n) is 3.18. The van der Waals surface area contributed by atoms with Crippen molar-refractivity contribution in [3.63, 3.8) is 0 Å². The molecule has 1 fully saturated rings. The number of nitrogens with two attached hydrogens (primary N) is 1. The molecule has 0 bridgehead atoms. The average Bonchev–Trinajstić information content (AvgIpc) is 3.21. The number of benzene rings is 1. The van der Waals surface area contributed by atoms with Gasteiger partial charge in [0.2, 0.25) is 0 Å². The van der Waals surface area contributed by atoms with E-state index in [1.54, 1.807) is 19.2 Å². The van der Waals surface area contributed by atoms with Gasteiger partial charge in [0.25, 0.3) is 5.91 Å². The second-order valence-electron chi connectivity index (χ2n) is 5.98. The molecular formula is C18H22N2O3. The molecule has 1 aliphatic rings. The van der Waals surface area contributed by atoms with E-state index in [1.807, 2.05) is 17.0 Å². The van der Waals surface area contributed by atoms with E-state index >= 15 is 0 Å². The first kappa shape index (κ1) is 15.6. The lowest BCUT2D eigenvalue weighted by molar-refractivity contribution is 0.0711. The lowest BCUT2D eigenvalue weighted by atomic mass is 9.97. The molecule has 2 heterocycles. The molecule has 1 saturated heterocycles. The molecule has 23 heavy (non-hydrogen) atoms. The number of carbonyl (C=O) groups excluding carboxylic acids is 1. The van der Waals surface area contributed by atoms with Crippen LogP contribution in [0.2, 0.25) is 0 Å². The summed E-state index contributed by atoms with van der Waals surface area (Å²) in [4.78, 5) is 14.5. The number of hydrogen-bond donors (Lipinski definition) is 1. The van der Waals surface area contributed by atoms with Gasteiger partial charge < -0.3 is 19.8 Å². The summed E-state index contributed by atoms with van der Waals surface area (Å²) < 4.78 is 10.7. The Labute approximate surface area is 136 Å². The van der Waals surface area contributed by atoms with Crippen molar-refractivity contribution in [3.05, 3.63) is 53.5 Å². The third kappa shape index (κ3) is 3.10. The van der Waals surface area contributed by atoms with E-state index in [2.05, 4.69) is 19.1 Å². The monoisotopic (exact) mass is 314 g/mol. The van der Waals surface area contributed by atoms with Crippen molar-refractivity contribution in [1.82, 2.24) is 4.90 Å². The largest absolute Gasteiger partial charge is 0.497 e. The van der Waals surface area contributed by atoms with Crippen LogP contribution in [0.4, 0.5) is 0 Å². The summed E-state index contributed by atoms with van der Waals surface area (Å²) in [6.07, 6.45) is 0.947. The average molecular weight is 314 g/mol. The first-order valence-corrected chi connectivity index (χ1v) is 7.86. The first-order valence-electron chi connectivity index (χ1n) is 7.86. The molecular weight excluding hydrogens is 292 g/mol. The van der Waals surface area contributed by atoms with Gasteiger partial charge >= 0.3 is 0 Å². The van der Waals surface area contributed by atoms with Crippen LogP contribution in [0.25, 0.3) is 0 Å². The number of rotatable bonds is 4. The Morgan fingerprint density at radius 3 is 2.65 bits per heavy atom. The molecule has 122 valence electrons. The van der Waals surface area contributed by atoms with E-state index in [0.29, 0.717) is 30.5 Å². The summed E-state index contributed by atoms with van der Waals surface area (Å²) in [5, 5.41) is 0. The second-order valence-corrected chi connectivity index (χ2v) is 5.98. The minimum atomic E-state index is -0.0618. The van der Waals surface area contributed by atoms with Gasteiger partial charge in [-0.25, -0.2) is 0 Å². The van der Waals surface area contributed by atoms with Crippen LogP contribution in [0, 0.1) is 0 Å². The zero-order chi connectivity index (χ0) is 16.4. The molecule has 0 spiro atoms. The molecule has 0 radical (unpaired) electrons. The molecule has 0 saturated carbocycles. The quantitative estimate of drug-likeness (QED) is 0.942. The summed E-state index contributed by atoms with van der Waals surface area (Å²) in [7, 11) is 1.66. The van der Waals surface area contributed by atoms with E-state index in [9.17, 15) is 4.79 Å². The molecule has 1 amide bonds. The third-order valence-corrected chi connectivity index (χ3v) is 4.50. The van der Waals surface area contributed by atoms with E-state index in [-0.39, 0.29) is 11.9 Å². The number of amides is 1. The van der Waals surface area contributed by atoms with Crippen LogP contribution in [0.3, 0.4) is 0 Å². The lowest BCUT2D eigenvalue weighted by Crippen LogP contribution is -2.33. The van der Waals surface area contributed by atoms with Crippen molar-refractivity contribution in [1.29, 1.82) is 0 Å². The zero-order valence-corrected chi connectivity index (χ0v) is 13.5. The molecule has 3 rings (SSSR count). The number of hydrogen-bond acceptors (Lipinski definition) is 4. The van der Waals surface area contributed by atoms with Crippen LogP contribution in [-0.4, -0.2) is 30.5 Å². The van der Waals surface area contributed by atoms with Crippen molar-refractivity contribution >= 4 is 5.91 Å². The zero-order valence-electron chi connectivity index (χ0n) is 13.5. The highest BCUT2D eigenvalue weighted by Gasteiger charge is 2.34. The van der Waals surface area contributed by atoms with Crippen LogP contribution in [0.1, 0.15) is 41.1 Å².